The SMILES string of the molecule is [O-][S@+]1CCn2c[c]nc21. The van der Waals surface area contributed by atoms with E-state index in [9.17, 15) is 4.55 Å². The molecule has 2 rings (SSSR count). The Balaban J connectivity index is 2.49. The minimum atomic E-state index is -0.846. The monoisotopic (exact) mass is 141 g/mol. The fourth-order valence-electron chi connectivity index (χ4n) is 0.888. The van der Waals surface area contributed by atoms with Crippen LogP contribution in [0.15, 0.2) is 11.4 Å². The molecule has 1 atom stereocenters. The highest BCUT2D eigenvalue weighted by atomic mass is 32.2. The number of aromatic nitrogens is 2. The van der Waals surface area contributed by atoms with Crippen LogP contribution in [-0.2, 0) is 17.7 Å². The summed E-state index contributed by atoms with van der Waals surface area (Å²) < 4.78 is 12.8. The first-order valence-electron chi connectivity index (χ1n) is 2.69. The van der Waals surface area contributed by atoms with Crippen molar-refractivity contribution in [1.82, 2.24) is 9.55 Å². The molecular formula is C5H5N2OS. The molecule has 0 saturated heterocycles. The molecule has 0 aromatic carbocycles. The zero-order chi connectivity index (χ0) is 6.27. The summed E-state index contributed by atoms with van der Waals surface area (Å²) in [6.07, 6.45) is 4.39. The molecule has 0 aliphatic carbocycles. The van der Waals surface area contributed by atoms with Crippen LogP contribution in [0.5, 0.6) is 0 Å². The molecule has 1 aliphatic rings. The Morgan fingerprint density at radius 2 is 2.78 bits per heavy atom. The number of imidazole rings is 1. The van der Waals surface area contributed by atoms with Gasteiger partial charge in [-0.1, -0.05) is 0 Å². The molecule has 47 valence electrons. The van der Waals surface area contributed by atoms with Crippen LogP contribution in [0.4, 0.5) is 0 Å². The molecule has 0 N–H and O–H groups in total. The summed E-state index contributed by atoms with van der Waals surface area (Å²) in [5.41, 5.74) is 0. The van der Waals surface area contributed by atoms with E-state index in [2.05, 4.69) is 11.2 Å². The average Bonchev–Trinajstić information content (AvgIpc) is 2.35. The van der Waals surface area contributed by atoms with Gasteiger partial charge in [-0.3, -0.25) is 4.57 Å². The van der Waals surface area contributed by atoms with E-state index in [1.165, 1.54) is 0 Å². The zero-order valence-corrected chi connectivity index (χ0v) is 5.52. The standard InChI is InChI=1S/C5H5N2OS/c8-9-4-3-7-2-1-6-5(7)9/h2H,3-4H2/t9-/m1/s1. The molecule has 1 aliphatic heterocycles. The van der Waals surface area contributed by atoms with Crippen molar-refractivity contribution in [2.24, 2.45) is 0 Å². The van der Waals surface area contributed by atoms with E-state index in [0.29, 0.717) is 5.16 Å². The first kappa shape index (κ1) is 5.32. The lowest BCUT2D eigenvalue weighted by Gasteiger charge is -1.94. The van der Waals surface area contributed by atoms with Crippen LogP contribution in [0.1, 0.15) is 0 Å². The smallest absolute Gasteiger partial charge is 0.324 e. The van der Waals surface area contributed by atoms with E-state index in [1.54, 1.807) is 6.20 Å². The number of rotatable bonds is 0. The van der Waals surface area contributed by atoms with E-state index in [4.69, 9.17) is 0 Å². The van der Waals surface area contributed by atoms with Crippen molar-refractivity contribution in [3.63, 3.8) is 0 Å². The van der Waals surface area contributed by atoms with Gasteiger partial charge >= 0.3 is 5.16 Å². The van der Waals surface area contributed by atoms with Crippen LogP contribution >= 0.6 is 0 Å². The minimum Gasteiger partial charge on any atom is -0.609 e. The predicted molar refractivity (Wildman–Crippen MR) is 32.3 cm³/mol. The second-order valence-electron chi connectivity index (χ2n) is 1.90. The van der Waals surface area contributed by atoms with Gasteiger partial charge in [-0.05, 0) is 0 Å². The maximum absolute atomic E-state index is 10.9. The van der Waals surface area contributed by atoms with E-state index < -0.39 is 11.2 Å². The summed E-state index contributed by atoms with van der Waals surface area (Å²) in [6, 6.07) is 0. The quantitative estimate of drug-likeness (QED) is 0.470. The summed E-state index contributed by atoms with van der Waals surface area (Å²) >= 11 is -0.846. The van der Waals surface area contributed by atoms with E-state index in [-0.39, 0.29) is 0 Å². The highest BCUT2D eigenvalue weighted by Crippen LogP contribution is 2.15. The summed E-state index contributed by atoms with van der Waals surface area (Å²) in [6.45, 7) is 0.832. The average molecular weight is 141 g/mol. The molecule has 3 nitrogen and oxygen atoms in total. The number of nitrogens with zero attached hydrogens (tertiary/aromatic N) is 2. The Hall–Kier alpha value is -0.480. The van der Waals surface area contributed by atoms with Crippen LogP contribution in [0.3, 0.4) is 0 Å². The molecule has 0 unspecified atom stereocenters. The van der Waals surface area contributed by atoms with Gasteiger partial charge in [0.1, 0.15) is 11.9 Å². The first-order valence-corrected chi connectivity index (χ1v) is 4.01. The molecular weight excluding hydrogens is 136 g/mol. The van der Waals surface area contributed by atoms with Gasteiger partial charge in [0, 0.05) is 17.4 Å². The van der Waals surface area contributed by atoms with Gasteiger partial charge in [0.2, 0.25) is 0 Å². The maximum Gasteiger partial charge on any atom is 0.324 e. The van der Waals surface area contributed by atoms with Gasteiger partial charge in [0.25, 0.3) is 0 Å². The second-order valence-corrected chi connectivity index (χ2v) is 3.36. The van der Waals surface area contributed by atoms with Crippen LogP contribution < -0.4 is 0 Å². The van der Waals surface area contributed by atoms with Crippen LogP contribution in [-0.4, -0.2) is 19.9 Å². The highest BCUT2D eigenvalue weighted by molar-refractivity contribution is 7.91. The van der Waals surface area contributed by atoms with Gasteiger partial charge in [-0.15, -0.1) is 0 Å². The number of hydrogen-bond donors (Lipinski definition) is 0. The molecule has 2 heterocycles. The third-order valence-electron chi connectivity index (χ3n) is 1.34. The van der Waals surface area contributed by atoms with Gasteiger partial charge < -0.3 is 4.55 Å². The Bertz CT molecular complexity index is 222. The fraction of sp³-hybridized carbons (Fsp3) is 0.400. The molecule has 9 heavy (non-hydrogen) atoms. The van der Waals surface area contributed by atoms with Gasteiger partial charge in [0.15, 0.2) is 0 Å². The Kier molecular flexibility index (Phi) is 1.03. The van der Waals surface area contributed by atoms with Crippen molar-refractivity contribution in [3.05, 3.63) is 12.4 Å². The third-order valence-corrected chi connectivity index (χ3v) is 2.63. The molecule has 1 radical (unpaired) electrons. The summed E-state index contributed by atoms with van der Waals surface area (Å²) in [5, 5.41) is 0.676. The largest absolute Gasteiger partial charge is 0.609 e. The minimum absolute atomic E-state index is 0.676. The van der Waals surface area contributed by atoms with Crippen molar-refractivity contribution in [2.75, 3.05) is 5.75 Å². The van der Waals surface area contributed by atoms with Gasteiger partial charge in [-0.25, -0.2) is 0 Å². The number of fused-ring (bicyclic) bond motifs is 1. The second kappa shape index (κ2) is 1.75. The van der Waals surface area contributed by atoms with Crippen molar-refractivity contribution in [2.45, 2.75) is 11.7 Å². The van der Waals surface area contributed by atoms with Crippen molar-refractivity contribution in [1.29, 1.82) is 0 Å². The lowest BCUT2D eigenvalue weighted by Crippen LogP contribution is -1.99. The lowest BCUT2D eigenvalue weighted by atomic mass is 10.7. The summed E-state index contributed by atoms with van der Waals surface area (Å²) in [5.74, 6) is 0.719. The zero-order valence-electron chi connectivity index (χ0n) is 4.70. The Labute approximate surface area is 55.9 Å². The Morgan fingerprint density at radius 3 is 3.56 bits per heavy atom. The van der Waals surface area contributed by atoms with Crippen LogP contribution in [0, 0.1) is 6.20 Å². The van der Waals surface area contributed by atoms with Crippen molar-refractivity contribution >= 4 is 11.2 Å². The molecule has 0 amide bonds. The molecule has 0 bridgehead atoms. The van der Waals surface area contributed by atoms with Crippen molar-refractivity contribution < 1.29 is 4.55 Å². The molecule has 4 heteroatoms. The topological polar surface area (TPSA) is 40.9 Å². The third kappa shape index (κ3) is 0.668. The van der Waals surface area contributed by atoms with Gasteiger partial charge in [0.05, 0.1) is 6.54 Å². The first-order chi connectivity index (χ1) is 4.38. The van der Waals surface area contributed by atoms with E-state index in [0.717, 1.165) is 12.3 Å². The molecule has 0 saturated carbocycles. The fourth-order valence-corrected chi connectivity index (χ4v) is 1.99. The van der Waals surface area contributed by atoms with Crippen LogP contribution in [0.25, 0.3) is 0 Å². The highest BCUT2D eigenvalue weighted by Gasteiger charge is 2.24. The summed E-state index contributed by atoms with van der Waals surface area (Å²) in [7, 11) is 0. The molecule has 1 aromatic heterocycles. The molecule has 1 aromatic rings. The summed E-state index contributed by atoms with van der Waals surface area (Å²) in [4.78, 5) is 3.82. The molecule has 0 fully saturated rings. The number of aryl methyl sites for hydroxylation is 1. The maximum atomic E-state index is 10.9. The van der Waals surface area contributed by atoms with E-state index >= 15 is 0 Å². The normalized spacial score (nSPS) is 24.3. The van der Waals surface area contributed by atoms with E-state index in [1.807, 2.05) is 4.57 Å². The predicted octanol–water partition coefficient (Wildman–Crippen LogP) is -0.196. The lowest BCUT2D eigenvalue weighted by molar-refractivity contribution is 0.593. The number of hydrogen-bond acceptors (Lipinski definition) is 2. The Morgan fingerprint density at radius 1 is 1.89 bits per heavy atom. The van der Waals surface area contributed by atoms with Crippen LogP contribution in [0.2, 0.25) is 0 Å². The van der Waals surface area contributed by atoms with Crippen molar-refractivity contribution in [3.8, 4) is 0 Å². The molecule has 0 spiro atoms. The van der Waals surface area contributed by atoms with Gasteiger partial charge in [-0.2, -0.15) is 4.98 Å².